The molecule has 0 unspecified atom stereocenters. The third kappa shape index (κ3) is 3.67. The third-order valence-corrected chi connectivity index (χ3v) is 3.94. The normalized spacial score (nSPS) is 23.3. The lowest BCUT2D eigenvalue weighted by Crippen LogP contribution is -2.47. The molecule has 0 aromatic heterocycles. The Morgan fingerprint density at radius 3 is 2.50 bits per heavy atom. The van der Waals surface area contributed by atoms with Crippen molar-refractivity contribution in [3.05, 3.63) is 0 Å². The summed E-state index contributed by atoms with van der Waals surface area (Å²) in [4.78, 5) is 16.7. The fraction of sp³-hybridized carbons (Fsp3) is 0.923. The number of nitrogens with zero attached hydrogens (tertiary/aromatic N) is 2. The Balaban J connectivity index is 1.73. The van der Waals surface area contributed by atoms with Crippen molar-refractivity contribution in [1.82, 2.24) is 15.1 Å². The minimum absolute atomic E-state index is 0.244. The monoisotopic (exact) mass is 255 g/mol. The van der Waals surface area contributed by atoms with E-state index in [1.54, 1.807) is 0 Å². The molecule has 2 heterocycles. The number of hydrogen-bond donors (Lipinski definition) is 1. The number of morpholine rings is 1. The van der Waals surface area contributed by atoms with Gasteiger partial charge in [0.2, 0.25) is 5.91 Å². The van der Waals surface area contributed by atoms with Crippen LogP contribution in [0.5, 0.6) is 0 Å². The molecule has 1 amide bonds. The van der Waals surface area contributed by atoms with Gasteiger partial charge in [0.1, 0.15) is 0 Å². The summed E-state index contributed by atoms with van der Waals surface area (Å²) in [5, 5.41) is 3.17. The molecule has 2 aliphatic heterocycles. The highest BCUT2D eigenvalue weighted by Crippen LogP contribution is 2.19. The van der Waals surface area contributed by atoms with Gasteiger partial charge in [0.15, 0.2) is 0 Å². The molecular weight excluding hydrogens is 230 g/mol. The van der Waals surface area contributed by atoms with Gasteiger partial charge >= 0.3 is 0 Å². The molecule has 0 aromatic rings. The molecule has 0 aliphatic carbocycles. The highest BCUT2D eigenvalue weighted by Gasteiger charge is 2.28. The summed E-state index contributed by atoms with van der Waals surface area (Å²) < 4.78 is 5.29. The molecule has 2 aliphatic rings. The van der Waals surface area contributed by atoms with E-state index in [1.807, 2.05) is 11.9 Å². The summed E-state index contributed by atoms with van der Waals surface area (Å²) in [5.41, 5.74) is 0. The average molecular weight is 255 g/mol. The zero-order chi connectivity index (χ0) is 12.8. The van der Waals surface area contributed by atoms with Crippen molar-refractivity contribution < 1.29 is 9.53 Å². The fourth-order valence-corrected chi connectivity index (χ4v) is 2.72. The minimum Gasteiger partial charge on any atom is -0.378 e. The fourth-order valence-electron chi connectivity index (χ4n) is 2.72. The lowest BCUT2D eigenvalue weighted by molar-refractivity contribution is -0.141. The second kappa shape index (κ2) is 7.07. The molecule has 0 bridgehead atoms. The second-order valence-corrected chi connectivity index (χ2v) is 5.16. The van der Waals surface area contributed by atoms with Crippen LogP contribution in [-0.2, 0) is 9.53 Å². The Labute approximate surface area is 109 Å². The zero-order valence-electron chi connectivity index (χ0n) is 11.4. The SMILES string of the molecule is CNCCN1CCC(C(=O)N2CCOCC2)CC1. The van der Waals surface area contributed by atoms with Gasteiger partial charge in [-0.25, -0.2) is 0 Å². The van der Waals surface area contributed by atoms with Gasteiger partial charge < -0.3 is 19.9 Å². The van der Waals surface area contributed by atoms with Gasteiger partial charge in [-0.2, -0.15) is 0 Å². The number of carbonyl (C=O) groups is 1. The van der Waals surface area contributed by atoms with Crippen LogP contribution < -0.4 is 5.32 Å². The van der Waals surface area contributed by atoms with Crippen LogP contribution in [0, 0.1) is 5.92 Å². The molecule has 18 heavy (non-hydrogen) atoms. The molecule has 0 saturated carbocycles. The molecule has 2 rings (SSSR count). The highest BCUT2D eigenvalue weighted by molar-refractivity contribution is 5.79. The first-order chi connectivity index (χ1) is 8.81. The molecule has 0 atom stereocenters. The van der Waals surface area contributed by atoms with Crippen molar-refractivity contribution in [3.63, 3.8) is 0 Å². The smallest absolute Gasteiger partial charge is 0.225 e. The van der Waals surface area contributed by atoms with Crippen LogP contribution in [0.15, 0.2) is 0 Å². The molecule has 0 spiro atoms. The Hall–Kier alpha value is -0.650. The van der Waals surface area contributed by atoms with Crippen LogP contribution in [0.2, 0.25) is 0 Å². The minimum atomic E-state index is 0.244. The summed E-state index contributed by atoms with van der Waals surface area (Å²) >= 11 is 0. The summed E-state index contributed by atoms with van der Waals surface area (Å²) in [6, 6.07) is 0. The predicted molar refractivity (Wildman–Crippen MR) is 70.5 cm³/mol. The van der Waals surface area contributed by atoms with Gasteiger partial charge in [0.05, 0.1) is 13.2 Å². The van der Waals surface area contributed by atoms with E-state index >= 15 is 0 Å². The standard InChI is InChI=1S/C13H25N3O2/c1-14-4-7-15-5-2-12(3-6-15)13(17)16-8-10-18-11-9-16/h12,14H,2-11H2,1H3. The first-order valence-corrected chi connectivity index (χ1v) is 7.04. The van der Waals surface area contributed by atoms with E-state index in [1.165, 1.54) is 0 Å². The van der Waals surface area contributed by atoms with E-state index in [4.69, 9.17) is 4.74 Å². The van der Waals surface area contributed by atoms with E-state index in [-0.39, 0.29) is 5.92 Å². The molecule has 1 N–H and O–H groups in total. The largest absolute Gasteiger partial charge is 0.378 e. The average Bonchev–Trinajstić information content (AvgIpc) is 2.46. The maximum absolute atomic E-state index is 12.3. The van der Waals surface area contributed by atoms with E-state index < -0.39 is 0 Å². The van der Waals surface area contributed by atoms with Crippen LogP contribution in [0.4, 0.5) is 0 Å². The first kappa shape index (κ1) is 13.8. The number of amides is 1. The number of likely N-dealkylation sites (N-methyl/N-ethyl adjacent to an activating group) is 1. The molecule has 0 aromatic carbocycles. The van der Waals surface area contributed by atoms with E-state index in [2.05, 4.69) is 10.2 Å². The summed E-state index contributed by atoms with van der Waals surface area (Å²) in [7, 11) is 1.98. The van der Waals surface area contributed by atoms with Crippen molar-refractivity contribution in [2.24, 2.45) is 5.92 Å². The van der Waals surface area contributed by atoms with Crippen molar-refractivity contribution in [2.75, 3.05) is 59.5 Å². The van der Waals surface area contributed by atoms with Gasteiger partial charge in [-0.15, -0.1) is 0 Å². The van der Waals surface area contributed by atoms with E-state index in [0.717, 1.165) is 52.1 Å². The van der Waals surface area contributed by atoms with Gasteiger partial charge in [0.25, 0.3) is 0 Å². The Bertz CT molecular complexity index is 259. The maximum atomic E-state index is 12.3. The number of ether oxygens (including phenoxy) is 1. The van der Waals surface area contributed by atoms with E-state index in [0.29, 0.717) is 19.1 Å². The molecule has 5 nitrogen and oxygen atoms in total. The number of rotatable bonds is 4. The molecular formula is C13H25N3O2. The Kier molecular flexibility index (Phi) is 5.41. The van der Waals surface area contributed by atoms with Crippen molar-refractivity contribution in [1.29, 1.82) is 0 Å². The van der Waals surface area contributed by atoms with Gasteiger partial charge in [0, 0.05) is 32.1 Å². The summed E-state index contributed by atoms with van der Waals surface area (Å²) in [6.07, 6.45) is 2.03. The van der Waals surface area contributed by atoms with Gasteiger partial charge in [-0.1, -0.05) is 0 Å². The number of likely N-dealkylation sites (tertiary alicyclic amines) is 1. The number of nitrogens with one attached hydrogen (secondary N) is 1. The van der Waals surface area contributed by atoms with Crippen molar-refractivity contribution in [2.45, 2.75) is 12.8 Å². The number of hydrogen-bond acceptors (Lipinski definition) is 4. The van der Waals surface area contributed by atoms with Crippen LogP contribution in [0.3, 0.4) is 0 Å². The quantitative estimate of drug-likeness (QED) is 0.754. The van der Waals surface area contributed by atoms with Crippen molar-refractivity contribution >= 4 is 5.91 Å². The molecule has 2 fully saturated rings. The molecule has 2 saturated heterocycles. The van der Waals surface area contributed by atoms with Gasteiger partial charge in [-0.3, -0.25) is 4.79 Å². The van der Waals surface area contributed by atoms with Crippen LogP contribution in [0.1, 0.15) is 12.8 Å². The van der Waals surface area contributed by atoms with Crippen LogP contribution in [-0.4, -0.2) is 75.2 Å². The van der Waals surface area contributed by atoms with Crippen LogP contribution in [0.25, 0.3) is 0 Å². The van der Waals surface area contributed by atoms with E-state index in [9.17, 15) is 4.79 Å². The summed E-state index contributed by atoms with van der Waals surface area (Å²) in [5.74, 6) is 0.598. The molecule has 5 heteroatoms. The Morgan fingerprint density at radius 1 is 1.22 bits per heavy atom. The first-order valence-electron chi connectivity index (χ1n) is 7.04. The summed E-state index contributed by atoms with van der Waals surface area (Å²) in [6.45, 7) is 7.19. The maximum Gasteiger partial charge on any atom is 0.225 e. The molecule has 104 valence electrons. The van der Waals surface area contributed by atoms with Crippen molar-refractivity contribution in [3.8, 4) is 0 Å². The molecule has 0 radical (unpaired) electrons. The second-order valence-electron chi connectivity index (χ2n) is 5.16. The third-order valence-electron chi connectivity index (χ3n) is 3.94. The number of carbonyl (C=O) groups excluding carboxylic acids is 1. The van der Waals surface area contributed by atoms with Crippen LogP contribution >= 0.6 is 0 Å². The number of piperidine rings is 1. The van der Waals surface area contributed by atoms with Gasteiger partial charge in [-0.05, 0) is 33.0 Å². The zero-order valence-corrected chi connectivity index (χ0v) is 11.4. The lowest BCUT2D eigenvalue weighted by atomic mass is 9.95. The predicted octanol–water partition coefficient (Wildman–Crippen LogP) is -0.223. The lowest BCUT2D eigenvalue weighted by Gasteiger charge is -2.35. The Morgan fingerprint density at radius 2 is 1.89 bits per heavy atom. The highest BCUT2D eigenvalue weighted by atomic mass is 16.5. The topological polar surface area (TPSA) is 44.8 Å².